The number of rotatable bonds is 9. The molecular weight excluding hydrogens is 401 g/mol. The van der Waals surface area contributed by atoms with Crippen LogP contribution < -0.4 is 10.6 Å². The van der Waals surface area contributed by atoms with Crippen LogP contribution in [0.15, 0.2) is 17.1 Å². The smallest absolute Gasteiger partial charge is 0.191 e. The molecule has 21 heavy (non-hydrogen) atoms. The molecule has 0 aromatic carbocycles. The zero-order valence-electron chi connectivity index (χ0n) is 13.0. The molecular formula is C14H26IN3O2S. The fourth-order valence-electron chi connectivity index (χ4n) is 1.58. The second-order valence-corrected chi connectivity index (χ2v) is 5.43. The van der Waals surface area contributed by atoms with Gasteiger partial charge >= 0.3 is 0 Å². The molecule has 0 saturated carbocycles. The predicted octanol–water partition coefficient (Wildman–Crippen LogP) is 2.26. The number of methoxy groups -OCH3 is 1. The Kier molecular flexibility index (Phi) is 13.1. The molecule has 7 heteroatoms. The topological polar surface area (TPSA) is 54.9 Å². The Labute approximate surface area is 148 Å². The summed E-state index contributed by atoms with van der Waals surface area (Å²) in [6.45, 7) is 5.60. The van der Waals surface area contributed by atoms with Gasteiger partial charge in [-0.05, 0) is 18.6 Å². The number of thiophene rings is 1. The van der Waals surface area contributed by atoms with E-state index in [0.717, 1.165) is 25.5 Å². The van der Waals surface area contributed by atoms with Crippen molar-refractivity contribution in [1.82, 2.24) is 10.6 Å². The first-order valence-corrected chi connectivity index (χ1v) is 7.70. The fourth-order valence-corrected chi connectivity index (χ4v) is 2.48. The number of ether oxygens (including phenoxy) is 2. The van der Waals surface area contributed by atoms with Gasteiger partial charge in [0.25, 0.3) is 0 Å². The summed E-state index contributed by atoms with van der Waals surface area (Å²) in [5.74, 6) is 0.798. The number of hydrogen-bond donors (Lipinski definition) is 2. The number of aryl methyl sites for hydroxylation is 1. The van der Waals surface area contributed by atoms with Crippen molar-refractivity contribution >= 4 is 41.3 Å². The largest absolute Gasteiger partial charge is 0.382 e. The third-order valence-electron chi connectivity index (χ3n) is 2.69. The lowest BCUT2D eigenvalue weighted by molar-refractivity contribution is 0.0733. The van der Waals surface area contributed by atoms with Gasteiger partial charge in [-0.2, -0.15) is 0 Å². The molecule has 1 aromatic heterocycles. The SMILES string of the molecule is CCc1ccc(CNC(=NC)NCCOCCOC)s1.I. The number of aliphatic imine (C=N–C) groups is 1. The van der Waals surface area contributed by atoms with Crippen LogP contribution in [0.2, 0.25) is 0 Å². The van der Waals surface area contributed by atoms with Crippen LogP contribution in [0.3, 0.4) is 0 Å². The standard InChI is InChI=1S/C14H25N3O2S.HI/c1-4-12-5-6-13(20-12)11-17-14(15-2)16-7-8-19-10-9-18-3;/h5-6H,4,7-11H2,1-3H3,(H2,15,16,17);1H. The highest BCUT2D eigenvalue weighted by atomic mass is 127. The number of guanidine groups is 1. The van der Waals surface area contributed by atoms with E-state index in [9.17, 15) is 0 Å². The van der Waals surface area contributed by atoms with Gasteiger partial charge in [-0.15, -0.1) is 35.3 Å². The molecule has 0 fully saturated rings. The highest BCUT2D eigenvalue weighted by molar-refractivity contribution is 14.0. The Morgan fingerprint density at radius 1 is 1.19 bits per heavy atom. The van der Waals surface area contributed by atoms with Gasteiger partial charge in [0.05, 0.1) is 26.4 Å². The second kappa shape index (κ2) is 13.3. The summed E-state index contributed by atoms with van der Waals surface area (Å²) in [6.07, 6.45) is 1.09. The molecule has 2 N–H and O–H groups in total. The van der Waals surface area contributed by atoms with E-state index in [0.29, 0.717) is 19.8 Å². The molecule has 0 spiro atoms. The molecule has 1 rings (SSSR count). The van der Waals surface area contributed by atoms with Crippen LogP contribution in [0.4, 0.5) is 0 Å². The maximum absolute atomic E-state index is 5.38. The molecule has 0 radical (unpaired) electrons. The van der Waals surface area contributed by atoms with Gasteiger partial charge in [-0.25, -0.2) is 0 Å². The van der Waals surface area contributed by atoms with E-state index in [1.807, 2.05) is 11.3 Å². The highest BCUT2D eigenvalue weighted by Gasteiger charge is 2.01. The van der Waals surface area contributed by atoms with E-state index in [1.165, 1.54) is 9.75 Å². The molecule has 0 aliphatic carbocycles. The normalized spacial score (nSPS) is 11.1. The van der Waals surface area contributed by atoms with Crippen molar-refractivity contribution in [3.05, 3.63) is 21.9 Å². The lowest BCUT2D eigenvalue weighted by Crippen LogP contribution is -2.38. The first kappa shape index (κ1) is 20.6. The summed E-state index contributed by atoms with van der Waals surface area (Å²) in [5, 5.41) is 6.51. The van der Waals surface area contributed by atoms with E-state index >= 15 is 0 Å². The van der Waals surface area contributed by atoms with Crippen molar-refractivity contribution in [2.24, 2.45) is 4.99 Å². The van der Waals surface area contributed by atoms with E-state index in [-0.39, 0.29) is 24.0 Å². The first-order chi connectivity index (χ1) is 9.80. The summed E-state index contributed by atoms with van der Waals surface area (Å²) in [4.78, 5) is 6.92. The number of halogens is 1. The van der Waals surface area contributed by atoms with Crippen LogP contribution >= 0.6 is 35.3 Å². The van der Waals surface area contributed by atoms with Gasteiger partial charge in [-0.3, -0.25) is 4.99 Å². The van der Waals surface area contributed by atoms with Crippen LogP contribution in [0.5, 0.6) is 0 Å². The van der Waals surface area contributed by atoms with Crippen molar-refractivity contribution < 1.29 is 9.47 Å². The summed E-state index contributed by atoms with van der Waals surface area (Å²) in [5.41, 5.74) is 0. The minimum Gasteiger partial charge on any atom is -0.382 e. The third kappa shape index (κ3) is 9.28. The molecule has 0 aliphatic heterocycles. The van der Waals surface area contributed by atoms with Gasteiger partial charge < -0.3 is 20.1 Å². The van der Waals surface area contributed by atoms with Crippen molar-refractivity contribution in [3.63, 3.8) is 0 Å². The molecule has 0 unspecified atom stereocenters. The molecule has 0 bridgehead atoms. The van der Waals surface area contributed by atoms with E-state index in [1.54, 1.807) is 14.2 Å². The summed E-state index contributed by atoms with van der Waals surface area (Å²) in [6, 6.07) is 4.35. The number of nitrogens with zero attached hydrogens (tertiary/aromatic N) is 1. The Balaban J connectivity index is 0.00000400. The lowest BCUT2D eigenvalue weighted by atomic mass is 10.4. The molecule has 122 valence electrons. The Morgan fingerprint density at radius 3 is 2.57 bits per heavy atom. The Hall–Kier alpha value is -0.380. The van der Waals surface area contributed by atoms with Crippen molar-refractivity contribution in [2.75, 3.05) is 40.5 Å². The van der Waals surface area contributed by atoms with Gasteiger partial charge in [0.15, 0.2) is 5.96 Å². The van der Waals surface area contributed by atoms with Gasteiger partial charge in [-0.1, -0.05) is 6.92 Å². The highest BCUT2D eigenvalue weighted by Crippen LogP contribution is 2.16. The van der Waals surface area contributed by atoms with Crippen molar-refractivity contribution in [1.29, 1.82) is 0 Å². The van der Waals surface area contributed by atoms with Gasteiger partial charge in [0, 0.05) is 30.5 Å². The van der Waals surface area contributed by atoms with Crippen LogP contribution in [0.1, 0.15) is 16.7 Å². The van der Waals surface area contributed by atoms with E-state index in [4.69, 9.17) is 9.47 Å². The molecule has 1 heterocycles. The van der Waals surface area contributed by atoms with E-state index in [2.05, 4.69) is 34.7 Å². The van der Waals surface area contributed by atoms with Gasteiger partial charge in [0.2, 0.25) is 0 Å². The van der Waals surface area contributed by atoms with Crippen molar-refractivity contribution in [2.45, 2.75) is 19.9 Å². The molecule has 1 aromatic rings. The molecule has 5 nitrogen and oxygen atoms in total. The summed E-state index contributed by atoms with van der Waals surface area (Å²) >= 11 is 1.84. The van der Waals surface area contributed by atoms with Crippen LogP contribution in [-0.2, 0) is 22.4 Å². The zero-order valence-corrected chi connectivity index (χ0v) is 16.1. The Bertz CT molecular complexity index is 399. The van der Waals surface area contributed by atoms with Gasteiger partial charge in [0.1, 0.15) is 0 Å². The van der Waals surface area contributed by atoms with Crippen molar-refractivity contribution in [3.8, 4) is 0 Å². The molecule has 0 atom stereocenters. The molecule has 0 amide bonds. The second-order valence-electron chi connectivity index (χ2n) is 4.18. The third-order valence-corrected chi connectivity index (χ3v) is 3.92. The maximum Gasteiger partial charge on any atom is 0.191 e. The minimum atomic E-state index is 0. The fraction of sp³-hybridized carbons (Fsp3) is 0.643. The summed E-state index contributed by atoms with van der Waals surface area (Å²) < 4.78 is 10.3. The monoisotopic (exact) mass is 427 g/mol. The Morgan fingerprint density at radius 2 is 1.95 bits per heavy atom. The minimum absolute atomic E-state index is 0. The van der Waals surface area contributed by atoms with Crippen LogP contribution in [0, 0.1) is 0 Å². The average molecular weight is 427 g/mol. The number of hydrogen-bond acceptors (Lipinski definition) is 4. The molecule has 0 aliphatic rings. The van der Waals surface area contributed by atoms with Crippen LogP contribution in [-0.4, -0.2) is 46.5 Å². The first-order valence-electron chi connectivity index (χ1n) is 6.89. The summed E-state index contributed by atoms with van der Waals surface area (Å²) in [7, 11) is 3.44. The van der Waals surface area contributed by atoms with E-state index < -0.39 is 0 Å². The predicted molar refractivity (Wildman–Crippen MR) is 100 cm³/mol. The van der Waals surface area contributed by atoms with Crippen LogP contribution in [0.25, 0.3) is 0 Å². The quantitative estimate of drug-likeness (QED) is 0.275. The average Bonchev–Trinajstić information content (AvgIpc) is 2.94. The zero-order chi connectivity index (χ0) is 14.6. The maximum atomic E-state index is 5.38. The molecule has 0 saturated heterocycles. The number of nitrogens with one attached hydrogen (secondary N) is 2. The lowest BCUT2D eigenvalue weighted by Gasteiger charge is -2.11.